The van der Waals surface area contributed by atoms with Gasteiger partial charge in [-0.05, 0) is 46.1 Å². The van der Waals surface area contributed by atoms with Crippen molar-refractivity contribution in [2.45, 2.75) is 19.3 Å². The molecule has 0 radical (unpaired) electrons. The van der Waals surface area contributed by atoms with E-state index in [0.29, 0.717) is 0 Å². The number of benzene rings is 7. The molecular formula is C53H36N4OPdSi. The van der Waals surface area contributed by atoms with Gasteiger partial charge in [-0.2, -0.15) is 23.4 Å². The van der Waals surface area contributed by atoms with Gasteiger partial charge >= 0.3 is 20.4 Å². The molecule has 12 rings (SSSR count). The number of imidazole rings is 1. The molecule has 0 saturated heterocycles. The molecule has 288 valence electrons. The first-order valence-electron chi connectivity index (χ1n) is 20.1. The summed E-state index contributed by atoms with van der Waals surface area (Å²) in [7, 11) is -3.12. The van der Waals surface area contributed by atoms with E-state index in [1.54, 1.807) is 0 Å². The Morgan fingerprint density at radius 2 is 1.25 bits per heavy atom. The number of para-hydroxylation sites is 2. The molecular weight excluding hydrogens is 843 g/mol. The summed E-state index contributed by atoms with van der Waals surface area (Å²) in [6.07, 6.45) is 5.82. The third-order valence-electron chi connectivity index (χ3n) is 12.6. The molecule has 1 aliphatic heterocycles. The number of hydrogen-bond acceptors (Lipinski definition) is 3. The number of rotatable bonds is 5. The molecule has 0 spiro atoms. The van der Waals surface area contributed by atoms with Crippen molar-refractivity contribution in [3.63, 3.8) is 0 Å². The van der Waals surface area contributed by atoms with E-state index in [-0.39, 0.29) is 25.8 Å². The zero-order chi connectivity index (χ0) is 39.3. The van der Waals surface area contributed by atoms with E-state index >= 15 is 0 Å². The largest absolute Gasteiger partial charge is 2.00 e. The summed E-state index contributed by atoms with van der Waals surface area (Å²) < 4.78 is 11.3. The van der Waals surface area contributed by atoms with Crippen LogP contribution in [0.5, 0.6) is 11.5 Å². The van der Waals surface area contributed by atoms with Crippen molar-refractivity contribution in [1.82, 2.24) is 18.9 Å². The van der Waals surface area contributed by atoms with Gasteiger partial charge < -0.3 is 13.7 Å². The van der Waals surface area contributed by atoms with E-state index in [4.69, 9.17) is 14.7 Å². The second-order valence-electron chi connectivity index (χ2n) is 16.0. The van der Waals surface area contributed by atoms with Crippen molar-refractivity contribution in [3.8, 4) is 17.2 Å². The van der Waals surface area contributed by atoms with Gasteiger partial charge in [-0.15, -0.1) is 34.8 Å². The zero-order valence-electron chi connectivity index (χ0n) is 32.8. The SMILES string of the molecule is CC1(C)c2ccccc2Oc2c1ccc1c2c2cccnc2n1-c1[c-]c([Si](c2[c-]c3c(cc2)c2ccccc2n2ccnc32)(c2ccccc2)c2ccccc2)ccc1.[Pd+2]. The number of aromatic nitrogens is 4. The average Bonchev–Trinajstić information content (AvgIpc) is 3.92. The van der Waals surface area contributed by atoms with E-state index in [0.717, 1.165) is 77.0 Å². The van der Waals surface area contributed by atoms with Crippen LogP contribution in [-0.2, 0) is 25.8 Å². The number of ether oxygens (including phenoxy) is 1. The predicted octanol–water partition coefficient (Wildman–Crippen LogP) is 9.54. The fourth-order valence-electron chi connectivity index (χ4n) is 9.90. The summed E-state index contributed by atoms with van der Waals surface area (Å²) in [6, 6.07) is 67.0. The van der Waals surface area contributed by atoms with E-state index in [2.05, 4.69) is 193 Å². The Balaban J connectivity index is 0.00000408. The molecule has 0 bridgehead atoms. The summed E-state index contributed by atoms with van der Waals surface area (Å²) >= 11 is 0. The average molecular weight is 879 g/mol. The molecule has 0 amide bonds. The van der Waals surface area contributed by atoms with E-state index in [1.807, 2.05) is 24.5 Å². The molecule has 4 aromatic heterocycles. The van der Waals surface area contributed by atoms with Gasteiger partial charge in [0.05, 0.1) is 16.6 Å². The van der Waals surface area contributed by atoms with E-state index in [1.165, 1.54) is 21.3 Å². The van der Waals surface area contributed by atoms with Gasteiger partial charge in [0.15, 0.2) is 0 Å². The van der Waals surface area contributed by atoms with E-state index < -0.39 is 8.07 Å². The van der Waals surface area contributed by atoms with Crippen LogP contribution in [0.4, 0.5) is 0 Å². The first kappa shape index (κ1) is 36.5. The van der Waals surface area contributed by atoms with Gasteiger partial charge in [0.25, 0.3) is 0 Å². The molecule has 0 saturated carbocycles. The minimum atomic E-state index is -3.12. The third-order valence-corrected chi connectivity index (χ3v) is 17.2. The maximum atomic E-state index is 6.87. The van der Waals surface area contributed by atoms with Crippen LogP contribution < -0.4 is 25.5 Å². The Labute approximate surface area is 362 Å². The molecule has 5 nitrogen and oxygen atoms in total. The Hall–Kier alpha value is -6.62. The number of fused-ring (bicyclic) bond motifs is 12. The summed E-state index contributed by atoms with van der Waals surface area (Å²) in [5.41, 5.74) is 6.93. The Morgan fingerprint density at radius 1 is 0.550 bits per heavy atom. The van der Waals surface area contributed by atoms with Gasteiger partial charge in [0, 0.05) is 46.0 Å². The summed E-state index contributed by atoms with van der Waals surface area (Å²) in [5.74, 6) is 1.78. The van der Waals surface area contributed by atoms with Crippen LogP contribution in [0.25, 0.3) is 54.9 Å². The zero-order valence-corrected chi connectivity index (χ0v) is 35.4. The van der Waals surface area contributed by atoms with Gasteiger partial charge in [-0.3, -0.25) is 4.98 Å². The van der Waals surface area contributed by atoms with Crippen molar-refractivity contribution in [2.75, 3.05) is 0 Å². The maximum Gasteiger partial charge on any atom is 2.00 e. The second kappa shape index (κ2) is 13.7. The van der Waals surface area contributed by atoms with E-state index in [9.17, 15) is 0 Å². The van der Waals surface area contributed by atoms with Crippen molar-refractivity contribution >= 4 is 78.1 Å². The minimum absolute atomic E-state index is 0. The molecule has 7 aromatic carbocycles. The van der Waals surface area contributed by atoms with Gasteiger partial charge in [-0.1, -0.05) is 128 Å². The smallest absolute Gasteiger partial charge is 0.456 e. The minimum Gasteiger partial charge on any atom is -0.456 e. The molecule has 0 unspecified atom stereocenters. The Morgan fingerprint density at radius 3 is 2.07 bits per heavy atom. The standard InChI is InChI=1S/C53H36N4OSi.Pd/c1-53(2)44-23-10-12-25-48(44)58-50-45(53)28-29-47-49(50)42-22-14-30-54-52(42)57(47)35-15-13-20-38(33-35)59(36-16-5-3-6-17-36,37-18-7-4-8-19-37)39-26-27-40-41-21-9-11-24-46(41)56-32-31-55-51(56)43(40)34-39;/h3-32H,1-2H3;/q-2;+2. The molecule has 0 N–H and O–H groups in total. The van der Waals surface area contributed by atoms with Crippen molar-refractivity contribution < 1.29 is 25.2 Å². The van der Waals surface area contributed by atoms with Crippen LogP contribution in [0.1, 0.15) is 25.0 Å². The molecule has 7 heteroatoms. The quantitative estimate of drug-likeness (QED) is 0.0750. The van der Waals surface area contributed by atoms with Crippen LogP contribution in [-0.4, -0.2) is 27.0 Å². The van der Waals surface area contributed by atoms with Crippen molar-refractivity contribution in [2.24, 2.45) is 0 Å². The number of hydrogen-bond donors (Lipinski definition) is 0. The summed E-state index contributed by atoms with van der Waals surface area (Å²) in [5, 5.41) is 10.2. The Kier molecular flexibility index (Phi) is 8.34. The molecule has 0 atom stereocenters. The van der Waals surface area contributed by atoms with Crippen LogP contribution in [0.3, 0.4) is 0 Å². The van der Waals surface area contributed by atoms with Crippen LogP contribution in [0.15, 0.2) is 182 Å². The predicted molar refractivity (Wildman–Crippen MR) is 242 cm³/mol. The fourth-order valence-corrected chi connectivity index (χ4v) is 14.5. The fraction of sp³-hybridized carbons (Fsp3) is 0.0566. The van der Waals surface area contributed by atoms with Crippen LogP contribution in [0.2, 0.25) is 0 Å². The molecule has 0 aliphatic carbocycles. The van der Waals surface area contributed by atoms with Crippen molar-refractivity contribution in [3.05, 3.63) is 206 Å². The third kappa shape index (κ3) is 5.07. The van der Waals surface area contributed by atoms with Crippen LogP contribution >= 0.6 is 0 Å². The Bertz CT molecular complexity index is 3430. The topological polar surface area (TPSA) is 44.4 Å². The molecule has 1 aliphatic rings. The van der Waals surface area contributed by atoms with Crippen LogP contribution in [0, 0.1) is 12.1 Å². The van der Waals surface area contributed by atoms with Gasteiger partial charge in [0.1, 0.15) is 25.2 Å². The first-order chi connectivity index (χ1) is 29.0. The second-order valence-corrected chi connectivity index (χ2v) is 19.7. The van der Waals surface area contributed by atoms with Gasteiger partial charge in [0.2, 0.25) is 0 Å². The molecule has 0 fully saturated rings. The van der Waals surface area contributed by atoms with Gasteiger partial charge in [-0.25, -0.2) is 4.98 Å². The molecule has 60 heavy (non-hydrogen) atoms. The number of nitrogens with zero attached hydrogens (tertiary/aromatic N) is 4. The normalized spacial score (nSPS) is 13.3. The maximum absolute atomic E-state index is 6.87. The first-order valence-corrected chi connectivity index (χ1v) is 22.1. The summed E-state index contributed by atoms with van der Waals surface area (Å²) in [6.45, 7) is 4.57. The molecule has 11 aromatic rings. The molecule has 5 heterocycles. The number of pyridine rings is 2. The monoisotopic (exact) mass is 878 g/mol. The summed E-state index contributed by atoms with van der Waals surface area (Å²) in [4.78, 5) is 9.97. The van der Waals surface area contributed by atoms with Crippen molar-refractivity contribution in [1.29, 1.82) is 0 Å².